The number of methoxy groups -OCH3 is 1. The Morgan fingerprint density at radius 3 is 1.41 bits per heavy atom. The molecule has 0 aliphatic rings. The first kappa shape index (κ1) is 16.3. The molecule has 0 rings (SSSR count). The van der Waals surface area contributed by atoms with Gasteiger partial charge in [-0.2, -0.15) is 39.5 Å². The van der Waals surface area contributed by atoms with Crippen LogP contribution in [0.2, 0.25) is 0 Å². The van der Waals surface area contributed by atoms with E-state index in [-0.39, 0.29) is 7.11 Å². The predicted octanol–water partition coefficient (Wildman–Crippen LogP) is 3.40. The highest BCUT2D eigenvalue weighted by atomic mass is 19.4. The molecule has 104 valence electrons. The minimum atomic E-state index is -6.96. The Morgan fingerprint density at radius 2 is 1.18 bits per heavy atom. The molecule has 0 fully saturated rings. The summed E-state index contributed by atoms with van der Waals surface area (Å²) in [4.78, 5) is 0. The van der Waals surface area contributed by atoms with E-state index in [1.54, 1.807) is 0 Å². The maximum atomic E-state index is 12.4. The maximum absolute atomic E-state index is 12.4. The van der Waals surface area contributed by atoms with E-state index in [0.29, 0.717) is 0 Å². The highest BCUT2D eigenvalue weighted by Crippen LogP contribution is 2.51. The molecule has 0 spiro atoms. The molecular formula is C6H4F10O. The van der Waals surface area contributed by atoms with Gasteiger partial charge in [-0.25, -0.2) is 4.39 Å². The Kier molecular flexibility index (Phi) is 3.99. The van der Waals surface area contributed by atoms with E-state index >= 15 is 0 Å². The molecule has 1 nitrogen and oxygen atoms in total. The fourth-order valence-corrected chi connectivity index (χ4v) is 0.663. The molecule has 0 aromatic carbocycles. The highest BCUT2D eigenvalue weighted by molar-refractivity contribution is 4.98. The molecule has 0 saturated carbocycles. The van der Waals surface area contributed by atoms with E-state index in [0.717, 1.165) is 0 Å². The van der Waals surface area contributed by atoms with Crippen molar-refractivity contribution in [1.29, 1.82) is 0 Å². The Bertz CT molecular complexity index is 268. The van der Waals surface area contributed by atoms with Crippen LogP contribution in [0.5, 0.6) is 0 Å². The van der Waals surface area contributed by atoms with Gasteiger partial charge in [-0.05, 0) is 0 Å². The Labute approximate surface area is 87.3 Å². The predicted molar refractivity (Wildman–Crippen MR) is 32.8 cm³/mol. The summed E-state index contributed by atoms with van der Waals surface area (Å²) in [5, 5.41) is 0. The van der Waals surface area contributed by atoms with Crippen LogP contribution < -0.4 is 0 Å². The van der Waals surface area contributed by atoms with Gasteiger partial charge in [0.1, 0.15) is 0 Å². The van der Waals surface area contributed by atoms with Crippen molar-refractivity contribution >= 4 is 0 Å². The molecule has 0 heterocycles. The third kappa shape index (κ3) is 2.58. The molecule has 11 heteroatoms. The van der Waals surface area contributed by atoms with E-state index in [4.69, 9.17) is 0 Å². The molecule has 0 aromatic rings. The molecule has 1 atom stereocenters. The summed E-state index contributed by atoms with van der Waals surface area (Å²) >= 11 is 0. The van der Waals surface area contributed by atoms with Gasteiger partial charge in [-0.1, -0.05) is 0 Å². The van der Waals surface area contributed by atoms with Gasteiger partial charge in [0, 0.05) is 7.11 Å². The molecule has 0 bridgehead atoms. The summed E-state index contributed by atoms with van der Waals surface area (Å²) in [5.41, 5.74) is 0. The van der Waals surface area contributed by atoms with Crippen LogP contribution in [0, 0.1) is 0 Å². The second-order valence-electron chi connectivity index (χ2n) is 2.82. The minimum Gasteiger partial charge on any atom is -0.321 e. The third-order valence-electron chi connectivity index (χ3n) is 1.66. The average Bonchev–Trinajstić information content (AvgIpc) is 2.14. The van der Waals surface area contributed by atoms with E-state index in [2.05, 4.69) is 4.74 Å². The van der Waals surface area contributed by atoms with Crippen molar-refractivity contribution in [2.75, 3.05) is 7.11 Å². The monoisotopic (exact) mass is 282 g/mol. The van der Waals surface area contributed by atoms with E-state index in [1.807, 2.05) is 0 Å². The van der Waals surface area contributed by atoms with Crippen LogP contribution in [0.15, 0.2) is 0 Å². The molecule has 0 aromatic heterocycles. The number of ether oxygens (including phenoxy) is 1. The first-order valence-corrected chi connectivity index (χ1v) is 3.61. The van der Waals surface area contributed by atoms with Crippen molar-refractivity contribution in [3.63, 3.8) is 0 Å². The lowest BCUT2D eigenvalue weighted by Crippen LogP contribution is -2.61. The molecule has 0 amide bonds. The lowest BCUT2D eigenvalue weighted by Gasteiger charge is -2.32. The number of halogens is 10. The smallest absolute Gasteiger partial charge is 0.321 e. The van der Waals surface area contributed by atoms with E-state index in [1.165, 1.54) is 0 Å². The summed E-state index contributed by atoms with van der Waals surface area (Å²) in [5.74, 6) is -13.6. The first-order valence-electron chi connectivity index (χ1n) is 3.61. The van der Waals surface area contributed by atoms with Crippen LogP contribution in [0.3, 0.4) is 0 Å². The van der Waals surface area contributed by atoms with Crippen LogP contribution in [0.25, 0.3) is 0 Å². The molecule has 0 aliphatic carbocycles. The number of hydrogen-bond acceptors (Lipinski definition) is 1. The standard InChI is InChI=1S/C6H4F10O/c1-17-4(10,11)2(7)3(8,9)5(12,13)6(14,15)16/h2H,1H3. The van der Waals surface area contributed by atoms with Crippen molar-refractivity contribution in [2.24, 2.45) is 0 Å². The molecule has 17 heavy (non-hydrogen) atoms. The molecule has 0 saturated heterocycles. The Morgan fingerprint density at radius 1 is 0.824 bits per heavy atom. The normalized spacial score (nSPS) is 17.1. The second kappa shape index (κ2) is 4.18. The molecule has 0 N–H and O–H groups in total. The van der Waals surface area contributed by atoms with Crippen LogP contribution >= 0.6 is 0 Å². The fourth-order valence-electron chi connectivity index (χ4n) is 0.663. The lowest BCUT2D eigenvalue weighted by atomic mass is 10.1. The summed E-state index contributed by atoms with van der Waals surface area (Å²) in [6.45, 7) is 0. The van der Waals surface area contributed by atoms with Gasteiger partial charge in [0.05, 0.1) is 0 Å². The topological polar surface area (TPSA) is 9.23 Å². The first-order chi connectivity index (χ1) is 7.22. The molecular weight excluding hydrogens is 278 g/mol. The maximum Gasteiger partial charge on any atom is 0.459 e. The highest BCUT2D eigenvalue weighted by Gasteiger charge is 2.79. The Hall–Kier alpha value is -0.740. The van der Waals surface area contributed by atoms with Crippen LogP contribution in [-0.2, 0) is 4.74 Å². The summed E-state index contributed by atoms with van der Waals surface area (Å²) < 4.78 is 123. The SMILES string of the molecule is COC(F)(F)C(F)C(F)(F)C(F)(F)C(F)(F)F. The van der Waals surface area contributed by atoms with E-state index in [9.17, 15) is 43.9 Å². The number of alkyl halides is 10. The summed E-state index contributed by atoms with van der Waals surface area (Å²) in [7, 11) is -0.0333. The fraction of sp³-hybridized carbons (Fsp3) is 1.00. The molecule has 1 unspecified atom stereocenters. The zero-order valence-corrected chi connectivity index (χ0v) is 7.77. The zero-order chi connectivity index (χ0) is 14.3. The van der Waals surface area contributed by atoms with Crippen LogP contribution in [-0.4, -0.2) is 37.4 Å². The van der Waals surface area contributed by atoms with Gasteiger partial charge in [-0.15, -0.1) is 0 Å². The van der Waals surface area contributed by atoms with Gasteiger partial charge in [0.25, 0.3) is 6.17 Å². The second-order valence-corrected chi connectivity index (χ2v) is 2.82. The van der Waals surface area contributed by atoms with Gasteiger partial charge in [0.2, 0.25) is 0 Å². The van der Waals surface area contributed by atoms with Gasteiger partial charge in [-0.3, -0.25) is 0 Å². The van der Waals surface area contributed by atoms with Gasteiger partial charge >= 0.3 is 24.1 Å². The number of rotatable bonds is 4. The van der Waals surface area contributed by atoms with Crippen LogP contribution in [0.1, 0.15) is 0 Å². The summed E-state index contributed by atoms with van der Waals surface area (Å²) in [6, 6.07) is 0. The van der Waals surface area contributed by atoms with Crippen LogP contribution in [0.4, 0.5) is 43.9 Å². The lowest BCUT2D eigenvalue weighted by molar-refractivity contribution is -0.396. The van der Waals surface area contributed by atoms with Crippen molar-refractivity contribution in [3.8, 4) is 0 Å². The van der Waals surface area contributed by atoms with Crippen molar-refractivity contribution in [2.45, 2.75) is 30.3 Å². The largest absolute Gasteiger partial charge is 0.459 e. The minimum absolute atomic E-state index is 0.0333. The molecule has 0 radical (unpaired) electrons. The zero-order valence-electron chi connectivity index (χ0n) is 7.77. The van der Waals surface area contributed by atoms with Crippen molar-refractivity contribution in [3.05, 3.63) is 0 Å². The van der Waals surface area contributed by atoms with Gasteiger partial charge < -0.3 is 4.74 Å². The quantitative estimate of drug-likeness (QED) is 0.718. The summed E-state index contributed by atoms with van der Waals surface area (Å²) in [6.07, 6.45) is -17.5. The van der Waals surface area contributed by atoms with Crippen molar-refractivity contribution in [1.82, 2.24) is 0 Å². The Balaban J connectivity index is 5.42. The molecule has 0 aliphatic heterocycles. The van der Waals surface area contributed by atoms with Crippen molar-refractivity contribution < 1.29 is 48.6 Å². The third-order valence-corrected chi connectivity index (χ3v) is 1.66. The van der Waals surface area contributed by atoms with E-state index < -0.39 is 30.3 Å². The van der Waals surface area contributed by atoms with Gasteiger partial charge in [0.15, 0.2) is 0 Å². The number of hydrogen-bond donors (Lipinski definition) is 0. The average molecular weight is 282 g/mol.